The third kappa shape index (κ3) is 2.35. The van der Waals surface area contributed by atoms with Crippen molar-refractivity contribution in [1.29, 1.82) is 0 Å². The Bertz CT molecular complexity index is 263. The van der Waals surface area contributed by atoms with Crippen LogP contribution in [0.4, 0.5) is 0 Å². The summed E-state index contributed by atoms with van der Waals surface area (Å²) in [5.41, 5.74) is 7.09. The lowest BCUT2D eigenvalue weighted by Crippen LogP contribution is -2.09. The van der Waals surface area contributed by atoms with Crippen LogP contribution in [0.15, 0.2) is 12.4 Å². The molecule has 3 nitrogen and oxygen atoms in total. The second kappa shape index (κ2) is 5.15. The largest absolute Gasteiger partial charge is 0.324 e. The Morgan fingerprint density at radius 1 is 1.29 bits per heavy atom. The van der Waals surface area contributed by atoms with Gasteiger partial charge in [-0.2, -0.15) is 5.10 Å². The van der Waals surface area contributed by atoms with Gasteiger partial charge in [-0.05, 0) is 19.3 Å². The molecule has 0 saturated heterocycles. The van der Waals surface area contributed by atoms with E-state index in [0.29, 0.717) is 6.04 Å². The van der Waals surface area contributed by atoms with E-state index in [4.69, 9.17) is 5.73 Å². The molecule has 80 valence electrons. The highest BCUT2D eigenvalue weighted by Gasteiger charge is 2.10. The van der Waals surface area contributed by atoms with Crippen molar-refractivity contribution in [1.82, 2.24) is 9.78 Å². The molecular weight excluding hydrogens is 174 g/mol. The molecule has 0 spiro atoms. The number of aromatic nitrogens is 2. The number of rotatable bonds is 5. The van der Waals surface area contributed by atoms with Gasteiger partial charge in [0.2, 0.25) is 0 Å². The summed E-state index contributed by atoms with van der Waals surface area (Å²) in [6.45, 7) is 6.48. The van der Waals surface area contributed by atoms with Gasteiger partial charge in [-0.3, -0.25) is 4.68 Å². The summed E-state index contributed by atoms with van der Waals surface area (Å²) in [4.78, 5) is 0. The molecule has 1 unspecified atom stereocenters. The second-order valence-corrected chi connectivity index (χ2v) is 3.74. The lowest BCUT2D eigenvalue weighted by Gasteiger charge is -2.12. The van der Waals surface area contributed by atoms with Crippen LogP contribution < -0.4 is 5.73 Å². The van der Waals surface area contributed by atoms with Gasteiger partial charge in [0.1, 0.15) is 0 Å². The van der Waals surface area contributed by atoms with Gasteiger partial charge in [0.05, 0.1) is 12.2 Å². The minimum atomic E-state index is 0.137. The van der Waals surface area contributed by atoms with E-state index in [2.05, 4.69) is 32.1 Å². The summed E-state index contributed by atoms with van der Waals surface area (Å²) in [7, 11) is 0. The van der Waals surface area contributed by atoms with Crippen LogP contribution in [-0.4, -0.2) is 9.78 Å². The number of hydrogen-bond donors (Lipinski definition) is 1. The van der Waals surface area contributed by atoms with Crippen molar-refractivity contribution in [2.75, 3.05) is 0 Å². The quantitative estimate of drug-likeness (QED) is 0.785. The molecule has 1 rings (SSSR count). The van der Waals surface area contributed by atoms with Crippen LogP contribution in [0.25, 0.3) is 0 Å². The van der Waals surface area contributed by atoms with Crippen LogP contribution in [0.5, 0.6) is 0 Å². The molecule has 0 aromatic carbocycles. The van der Waals surface area contributed by atoms with Crippen LogP contribution in [0.3, 0.4) is 0 Å². The number of nitrogens with zero attached hydrogens (tertiary/aromatic N) is 2. The maximum Gasteiger partial charge on any atom is 0.0537 e. The maximum atomic E-state index is 5.94. The first kappa shape index (κ1) is 11.2. The first-order chi connectivity index (χ1) is 6.72. The molecule has 0 aliphatic heterocycles. The van der Waals surface area contributed by atoms with E-state index < -0.39 is 0 Å². The van der Waals surface area contributed by atoms with Crippen LogP contribution in [0.2, 0.25) is 0 Å². The molecule has 1 aromatic heterocycles. The first-order valence-electron chi connectivity index (χ1n) is 5.52. The minimum absolute atomic E-state index is 0.137. The average Bonchev–Trinajstić information content (AvgIpc) is 2.68. The molecule has 0 amide bonds. The van der Waals surface area contributed by atoms with Gasteiger partial charge < -0.3 is 5.73 Å². The van der Waals surface area contributed by atoms with Gasteiger partial charge in [-0.25, -0.2) is 0 Å². The Labute approximate surface area is 86.3 Å². The molecule has 0 saturated carbocycles. The number of nitrogens with two attached hydrogens (primary N) is 1. The molecule has 1 aromatic rings. The molecule has 2 N–H and O–H groups in total. The molecular formula is C11H21N3. The first-order valence-corrected chi connectivity index (χ1v) is 5.52. The predicted molar refractivity (Wildman–Crippen MR) is 59.1 cm³/mol. The third-order valence-corrected chi connectivity index (χ3v) is 2.81. The Morgan fingerprint density at radius 2 is 1.93 bits per heavy atom. The standard InChI is InChI=1S/C11H21N3/c1-4-10(5-2)14-8-9(7-13-14)11(12)6-3/h7-8,10-11H,4-6,12H2,1-3H3. The van der Waals surface area contributed by atoms with Crippen molar-refractivity contribution in [3.63, 3.8) is 0 Å². The normalized spacial score (nSPS) is 13.5. The maximum absolute atomic E-state index is 5.94. The highest BCUT2D eigenvalue weighted by molar-refractivity contribution is 5.09. The molecule has 14 heavy (non-hydrogen) atoms. The van der Waals surface area contributed by atoms with Gasteiger partial charge in [-0.1, -0.05) is 20.8 Å². The van der Waals surface area contributed by atoms with Crippen molar-refractivity contribution < 1.29 is 0 Å². The summed E-state index contributed by atoms with van der Waals surface area (Å²) >= 11 is 0. The molecule has 0 aliphatic rings. The van der Waals surface area contributed by atoms with Crippen molar-refractivity contribution >= 4 is 0 Å². The summed E-state index contributed by atoms with van der Waals surface area (Å²) in [5.74, 6) is 0. The van der Waals surface area contributed by atoms with Gasteiger partial charge >= 0.3 is 0 Å². The topological polar surface area (TPSA) is 43.8 Å². The summed E-state index contributed by atoms with van der Waals surface area (Å²) in [6.07, 6.45) is 7.20. The molecule has 0 fully saturated rings. The van der Waals surface area contributed by atoms with Crippen molar-refractivity contribution in [3.8, 4) is 0 Å². The Kier molecular flexibility index (Phi) is 4.14. The zero-order valence-corrected chi connectivity index (χ0v) is 9.40. The Balaban J connectivity index is 2.76. The van der Waals surface area contributed by atoms with Crippen LogP contribution in [-0.2, 0) is 0 Å². The zero-order chi connectivity index (χ0) is 10.6. The van der Waals surface area contributed by atoms with Crippen LogP contribution >= 0.6 is 0 Å². The van der Waals surface area contributed by atoms with Gasteiger partial charge in [-0.15, -0.1) is 0 Å². The SMILES string of the molecule is CCC(N)c1cnn(C(CC)CC)c1. The highest BCUT2D eigenvalue weighted by atomic mass is 15.3. The fourth-order valence-corrected chi connectivity index (χ4v) is 1.64. The fraction of sp³-hybridized carbons (Fsp3) is 0.727. The van der Waals surface area contributed by atoms with Crippen LogP contribution in [0, 0.1) is 0 Å². The highest BCUT2D eigenvalue weighted by Crippen LogP contribution is 2.18. The fourth-order valence-electron chi connectivity index (χ4n) is 1.64. The monoisotopic (exact) mass is 195 g/mol. The lowest BCUT2D eigenvalue weighted by atomic mass is 10.1. The number of hydrogen-bond acceptors (Lipinski definition) is 2. The van der Waals surface area contributed by atoms with E-state index >= 15 is 0 Å². The molecule has 1 heterocycles. The average molecular weight is 195 g/mol. The van der Waals surface area contributed by atoms with Crippen LogP contribution in [0.1, 0.15) is 57.7 Å². The lowest BCUT2D eigenvalue weighted by molar-refractivity contribution is 0.428. The Hall–Kier alpha value is -0.830. The van der Waals surface area contributed by atoms with E-state index in [0.717, 1.165) is 24.8 Å². The smallest absolute Gasteiger partial charge is 0.0537 e. The minimum Gasteiger partial charge on any atom is -0.324 e. The molecule has 0 bridgehead atoms. The van der Waals surface area contributed by atoms with Crippen molar-refractivity contribution in [3.05, 3.63) is 18.0 Å². The van der Waals surface area contributed by atoms with E-state index in [1.807, 2.05) is 10.9 Å². The molecule has 3 heteroatoms. The van der Waals surface area contributed by atoms with Gasteiger partial charge in [0, 0.05) is 17.8 Å². The third-order valence-electron chi connectivity index (χ3n) is 2.81. The van der Waals surface area contributed by atoms with Gasteiger partial charge in [0.25, 0.3) is 0 Å². The van der Waals surface area contributed by atoms with E-state index in [-0.39, 0.29) is 6.04 Å². The second-order valence-electron chi connectivity index (χ2n) is 3.74. The summed E-state index contributed by atoms with van der Waals surface area (Å²) < 4.78 is 2.05. The van der Waals surface area contributed by atoms with Crippen molar-refractivity contribution in [2.24, 2.45) is 5.73 Å². The summed E-state index contributed by atoms with van der Waals surface area (Å²) in [5, 5.41) is 4.36. The predicted octanol–water partition coefficient (Wildman–Crippen LogP) is 2.65. The Morgan fingerprint density at radius 3 is 2.43 bits per heavy atom. The zero-order valence-electron chi connectivity index (χ0n) is 9.40. The van der Waals surface area contributed by atoms with E-state index in [1.54, 1.807) is 0 Å². The van der Waals surface area contributed by atoms with Crippen molar-refractivity contribution in [2.45, 2.75) is 52.1 Å². The molecule has 1 atom stereocenters. The molecule has 0 radical (unpaired) electrons. The van der Waals surface area contributed by atoms with E-state index in [9.17, 15) is 0 Å². The van der Waals surface area contributed by atoms with Gasteiger partial charge in [0.15, 0.2) is 0 Å². The molecule has 0 aliphatic carbocycles. The summed E-state index contributed by atoms with van der Waals surface area (Å²) in [6, 6.07) is 0.658. The van der Waals surface area contributed by atoms with E-state index in [1.165, 1.54) is 0 Å².